The summed E-state index contributed by atoms with van der Waals surface area (Å²) in [6, 6.07) is 0. The summed E-state index contributed by atoms with van der Waals surface area (Å²) in [5, 5.41) is 9.68. The van der Waals surface area contributed by atoms with Crippen molar-refractivity contribution in [3.05, 3.63) is 0 Å². The van der Waals surface area contributed by atoms with E-state index in [4.69, 9.17) is 5.21 Å². The number of hydrogen-bond acceptors (Lipinski definition) is 3. The Kier molecular flexibility index (Phi) is 3.03. The molecule has 0 aliphatic carbocycles. The summed E-state index contributed by atoms with van der Waals surface area (Å²) >= 11 is 0. The Morgan fingerprint density at radius 2 is 2.00 bits per heavy atom. The first-order valence-corrected chi connectivity index (χ1v) is 2.76. The highest BCUT2D eigenvalue weighted by atomic mass is 19.4. The van der Waals surface area contributed by atoms with Gasteiger partial charge in [0.05, 0.1) is 0 Å². The van der Waals surface area contributed by atoms with E-state index in [0.717, 1.165) is 0 Å². The largest absolute Gasteiger partial charge is 0.440 e. The van der Waals surface area contributed by atoms with Gasteiger partial charge in [-0.05, 0) is 0 Å². The maximum atomic E-state index is 11.6. The van der Waals surface area contributed by atoms with Gasteiger partial charge in [0.15, 0.2) is 5.78 Å². The van der Waals surface area contributed by atoms with Crippen LogP contribution in [0.25, 0.3) is 0 Å². The zero-order chi connectivity index (χ0) is 9.07. The number of carbonyl (C=O) groups excluding carboxylic acids is 1. The second kappa shape index (κ2) is 3.36. The lowest BCUT2D eigenvalue weighted by Crippen LogP contribution is -2.30. The molecule has 0 heterocycles. The molecule has 0 aromatic rings. The molecule has 0 aliphatic rings. The predicted octanol–water partition coefficient (Wildman–Crippen LogP) is 1.36. The van der Waals surface area contributed by atoms with Crippen LogP contribution in [0.1, 0.15) is 13.3 Å². The molecule has 3 nitrogen and oxygen atoms in total. The van der Waals surface area contributed by atoms with Crippen molar-refractivity contribution in [1.82, 2.24) is 0 Å². The van der Waals surface area contributed by atoms with Crippen LogP contribution in [0.3, 0.4) is 0 Å². The normalized spacial score (nSPS) is 13.3. The Hall–Kier alpha value is -1.07. The van der Waals surface area contributed by atoms with E-state index < -0.39 is 17.7 Å². The first-order valence-electron chi connectivity index (χ1n) is 2.76. The summed E-state index contributed by atoms with van der Waals surface area (Å²) in [5.74, 6) is -1.22. The van der Waals surface area contributed by atoms with Crippen molar-refractivity contribution in [3.63, 3.8) is 0 Å². The molecule has 0 fully saturated rings. The summed E-state index contributed by atoms with van der Waals surface area (Å²) in [5.41, 5.74) is -1.75. The van der Waals surface area contributed by atoms with Crippen molar-refractivity contribution >= 4 is 11.5 Å². The second-order valence-corrected chi connectivity index (χ2v) is 1.72. The lowest BCUT2D eigenvalue weighted by atomic mass is 10.2. The van der Waals surface area contributed by atoms with Gasteiger partial charge in [-0.15, -0.1) is 0 Å². The highest BCUT2D eigenvalue weighted by Gasteiger charge is 2.40. The van der Waals surface area contributed by atoms with E-state index in [0.29, 0.717) is 0 Å². The van der Waals surface area contributed by atoms with Crippen LogP contribution in [0, 0.1) is 0 Å². The van der Waals surface area contributed by atoms with Gasteiger partial charge in [0, 0.05) is 6.42 Å². The number of Topliss-reactive ketones (excluding diaryl/α,β-unsaturated/α-hetero) is 1. The standard InChI is InChI=1S/C5H6F3NO2/c1-2-3(10)4(9-11)5(6,7)8/h11H,2H2,1H3. The Morgan fingerprint density at radius 3 is 2.09 bits per heavy atom. The second-order valence-electron chi connectivity index (χ2n) is 1.72. The monoisotopic (exact) mass is 169 g/mol. The molecule has 1 N–H and O–H groups in total. The highest BCUT2D eigenvalue weighted by Crippen LogP contribution is 2.18. The van der Waals surface area contributed by atoms with Crippen molar-refractivity contribution in [2.45, 2.75) is 19.5 Å². The van der Waals surface area contributed by atoms with E-state index in [-0.39, 0.29) is 6.42 Å². The van der Waals surface area contributed by atoms with Gasteiger partial charge >= 0.3 is 6.18 Å². The van der Waals surface area contributed by atoms with Gasteiger partial charge in [0.2, 0.25) is 5.71 Å². The van der Waals surface area contributed by atoms with Gasteiger partial charge in [0.25, 0.3) is 0 Å². The summed E-state index contributed by atoms with van der Waals surface area (Å²) in [4.78, 5) is 10.4. The molecule has 0 amide bonds. The molecule has 0 aromatic heterocycles. The van der Waals surface area contributed by atoms with E-state index in [2.05, 4.69) is 0 Å². The Bertz CT molecular complexity index is 185. The number of oxime groups is 1. The lowest BCUT2D eigenvalue weighted by molar-refractivity contribution is -0.117. The number of carbonyl (C=O) groups is 1. The molecule has 11 heavy (non-hydrogen) atoms. The molecule has 0 saturated heterocycles. The predicted molar refractivity (Wildman–Crippen MR) is 30.6 cm³/mol. The maximum absolute atomic E-state index is 11.6. The Morgan fingerprint density at radius 1 is 1.55 bits per heavy atom. The zero-order valence-corrected chi connectivity index (χ0v) is 5.64. The van der Waals surface area contributed by atoms with Crippen molar-refractivity contribution in [2.24, 2.45) is 5.16 Å². The third-order valence-corrected chi connectivity index (χ3v) is 0.954. The van der Waals surface area contributed by atoms with Crippen LogP contribution in [0.15, 0.2) is 5.16 Å². The first-order chi connectivity index (χ1) is 4.93. The van der Waals surface area contributed by atoms with E-state index in [1.54, 1.807) is 0 Å². The quantitative estimate of drug-likeness (QED) is 0.385. The van der Waals surface area contributed by atoms with E-state index in [9.17, 15) is 18.0 Å². The summed E-state index contributed by atoms with van der Waals surface area (Å²) < 4.78 is 34.9. The van der Waals surface area contributed by atoms with Gasteiger partial charge < -0.3 is 5.21 Å². The maximum Gasteiger partial charge on any atom is 0.440 e. The van der Waals surface area contributed by atoms with Gasteiger partial charge in [-0.3, -0.25) is 4.79 Å². The number of rotatable bonds is 2. The van der Waals surface area contributed by atoms with Crippen LogP contribution >= 0.6 is 0 Å². The Labute approximate surface area is 60.5 Å². The van der Waals surface area contributed by atoms with Crippen LogP contribution in [-0.2, 0) is 4.79 Å². The SMILES string of the molecule is CCC(=O)C(=NO)C(F)(F)F. The van der Waals surface area contributed by atoms with Crippen molar-refractivity contribution in [3.8, 4) is 0 Å². The fourth-order valence-corrected chi connectivity index (χ4v) is 0.438. The highest BCUT2D eigenvalue weighted by molar-refractivity contribution is 6.41. The fraction of sp³-hybridized carbons (Fsp3) is 0.600. The number of nitrogens with zero attached hydrogens (tertiary/aromatic N) is 1. The third kappa shape index (κ3) is 2.57. The van der Waals surface area contributed by atoms with E-state index in [1.165, 1.54) is 6.92 Å². The zero-order valence-electron chi connectivity index (χ0n) is 5.64. The molecule has 0 aliphatic heterocycles. The van der Waals surface area contributed by atoms with Crippen LogP contribution in [0.5, 0.6) is 0 Å². The van der Waals surface area contributed by atoms with Crippen molar-refractivity contribution < 1.29 is 23.2 Å². The molecule has 64 valence electrons. The average Bonchev–Trinajstić information content (AvgIpc) is 1.86. The number of hydrogen-bond donors (Lipinski definition) is 1. The summed E-state index contributed by atoms with van der Waals surface area (Å²) in [6.45, 7) is 1.25. The first kappa shape index (κ1) is 9.93. The van der Waals surface area contributed by atoms with Crippen LogP contribution in [0.2, 0.25) is 0 Å². The van der Waals surface area contributed by atoms with Gasteiger partial charge in [-0.1, -0.05) is 12.1 Å². The molecule has 0 atom stereocenters. The average molecular weight is 169 g/mol. The lowest BCUT2D eigenvalue weighted by Gasteiger charge is -2.04. The number of halogens is 3. The summed E-state index contributed by atoms with van der Waals surface area (Å²) in [7, 11) is 0. The minimum Gasteiger partial charge on any atom is -0.410 e. The molecule has 0 radical (unpaired) electrons. The molecule has 6 heteroatoms. The van der Waals surface area contributed by atoms with Crippen molar-refractivity contribution in [2.75, 3.05) is 0 Å². The fourth-order valence-electron chi connectivity index (χ4n) is 0.438. The molecule has 0 rings (SSSR count). The smallest absolute Gasteiger partial charge is 0.410 e. The van der Waals surface area contributed by atoms with Crippen LogP contribution in [-0.4, -0.2) is 22.9 Å². The topological polar surface area (TPSA) is 49.7 Å². The minimum atomic E-state index is -4.86. The Balaban J connectivity index is 4.58. The molecule has 0 spiro atoms. The number of alkyl halides is 3. The van der Waals surface area contributed by atoms with Gasteiger partial charge in [0.1, 0.15) is 0 Å². The minimum absolute atomic E-state index is 0.334. The molecular formula is C5H6F3NO2. The van der Waals surface area contributed by atoms with Crippen LogP contribution < -0.4 is 0 Å². The van der Waals surface area contributed by atoms with Gasteiger partial charge in [-0.2, -0.15) is 13.2 Å². The molecule has 0 saturated carbocycles. The molecule has 0 aromatic carbocycles. The molecule has 0 bridgehead atoms. The van der Waals surface area contributed by atoms with Gasteiger partial charge in [-0.25, -0.2) is 0 Å². The molecular weight excluding hydrogens is 163 g/mol. The number of ketones is 1. The van der Waals surface area contributed by atoms with Crippen molar-refractivity contribution in [1.29, 1.82) is 0 Å². The van der Waals surface area contributed by atoms with E-state index >= 15 is 0 Å². The van der Waals surface area contributed by atoms with E-state index in [1.807, 2.05) is 5.16 Å². The molecule has 0 unspecified atom stereocenters. The third-order valence-electron chi connectivity index (χ3n) is 0.954. The van der Waals surface area contributed by atoms with Crippen LogP contribution in [0.4, 0.5) is 13.2 Å². The summed E-state index contributed by atoms with van der Waals surface area (Å²) in [6.07, 6.45) is -5.19.